The number of rotatable bonds is 7. The molecule has 6 heteroatoms. The second-order valence-electron chi connectivity index (χ2n) is 6.68. The van der Waals surface area contributed by atoms with Gasteiger partial charge in [0, 0.05) is 19.2 Å². The second kappa shape index (κ2) is 8.54. The monoisotopic (exact) mass is 348 g/mol. The van der Waals surface area contributed by atoms with Gasteiger partial charge >= 0.3 is 0 Å². The Balaban J connectivity index is 1.59. The molecule has 6 nitrogen and oxygen atoms in total. The van der Waals surface area contributed by atoms with Crippen molar-refractivity contribution in [1.29, 1.82) is 0 Å². The molecule has 138 valence electrons. The first kappa shape index (κ1) is 18.0. The van der Waals surface area contributed by atoms with Gasteiger partial charge in [0.2, 0.25) is 5.91 Å². The molecule has 0 aliphatic carbocycles. The normalized spacial score (nSPS) is 23.6. The molecular weight excluding hydrogens is 320 g/mol. The number of hydrogen-bond acceptors (Lipinski definition) is 5. The van der Waals surface area contributed by atoms with Gasteiger partial charge in [0.25, 0.3) is 0 Å². The van der Waals surface area contributed by atoms with Crippen molar-refractivity contribution in [3.05, 3.63) is 23.8 Å². The Morgan fingerprint density at radius 2 is 2.08 bits per heavy atom. The van der Waals surface area contributed by atoms with Gasteiger partial charge in [-0.1, -0.05) is 6.07 Å². The summed E-state index contributed by atoms with van der Waals surface area (Å²) in [6.45, 7) is 2.79. The molecule has 2 atom stereocenters. The number of likely N-dealkylation sites (tertiary alicyclic amines) is 1. The summed E-state index contributed by atoms with van der Waals surface area (Å²) in [6, 6.07) is 6.26. The van der Waals surface area contributed by atoms with E-state index in [0.29, 0.717) is 13.1 Å². The minimum atomic E-state index is 0.0721. The molecule has 0 spiro atoms. The van der Waals surface area contributed by atoms with E-state index in [-0.39, 0.29) is 18.1 Å². The van der Waals surface area contributed by atoms with Gasteiger partial charge in [0.05, 0.1) is 26.9 Å². The zero-order chi connectivity index (χ0) is 17.6. The third kappa shape index (κ3) is 4.44. The summed E-state index contributed by atoms with van der Waals surface area (Å²) in [7, 11) is 3.28. The molecule has 1 aromatic rings. The molecule has 2 heterocycles. The highest BCUT2D eigenvalue weighted by atomic mass is 16.5. The highest BCUT2D eigenvalue weighted by Crippen LogP contribution is 2.36. The van der Waals surface area contributed by atoms with Crippen LogP contribution in [0.4, 0.5) is 0 Å². The van der Waals surface area contributed by atoms with Gasteiger partial charge in [-0.3, -0.25) is 9.69 Å². The molecule has 0 aromatic heterocycles. The lowest BCUT2D eigenvalue weighted by molar-refractivity contribution is -0.123. The molecule has 2 aliphatic rings. The minimum Gasteiger partial charge on any atom is -0.493 e. The van der Waals surface area contributed by atoms with E-state index in [1.165, 1.54) is 5.56 Å². The Morgan fingerprint density at radius 3 is 2.80 bits per heavy atom. The smallest absolute Gasteiger partial charge is 0.234 e. The molecule has 3 rings (SSSR count). The lowest BCUT2D eigenvalue weighted by Crippen LogP contribution is -2.39. The van der Waals surface area contributed by atoms with Crippen molar-refractivity contribution in [3.63, 3.8) is 0 Å². The number of benzene rings is 1. The number of amides is 1. The molecule has 1 N–H and O–H groups in total. The Labute approximate surface area is 149 Å². The summed E-state index contributed by atoms with van der Waals surface area (Å²) >= 11 is 0. The first-order valence-corrected chi connectivity index (χ1v) is 9.05. The summed E-state index contributed by atoms with van der Waals surface area (Å²) in [5.74, 6) is 1.53. The van der Waals surface area contributed by atoms with Crippen molar-refractivity contribution in [2.24, 2.45) is 0 Å². The van der Waals surface area contributed by atoms with Gasteiger partial charge in [-0.05, 0) is 49.9 Å². The molecule has 1 amide bonds. The predicted molar refractivity (Wildman–Crippen MR) is 95.1 cm³/mol. The van der Waals surface area contributed by atoms with Crippen molar-refractivity contribution in [2.45, 2.75) is 37.8 Å². The molecule has 2 aliphatic heterocycles. The maximum Gasteiger partial charge on any atom is 0.234 e. The zero-order valence-electron chi connectivity index (χ0n) is 15.1. The Hall–Kier alpha value is -1.79. The van der Waals surface area contributed by atoms with Crippen molar-refractivity contribution >= 4 is 5.91 Å². The van der Waals surface area contributed by atoms with E-state index in [4.69, 9.17) is 14.2 Å². The minimum absolute atomic E-state index is 0.0721. The van der Waals surface area contributed by atoms with Crippen LogP contribution >= 0.6 is 0 Å². The molecule has 0 saturated carbocycles. The van der Waals surface area contributed by atoms with E-state index in [1.54, 1.807) is 14.2 Å². The number of carbonyl (C=O) groups excluding carboxylic acids is 1. The average molecular weight is 348 g/mol. The summed E-state index contributed by atoms with van der Waals surface area (Å²) in [5.41, 5.74) is 1.17. The van der Waals surface area contributed by atoms with Gasteiger partial charge in [0.15, 0.2) is 11.5 Å². The summed E-state index contributed by atoms with van der Waals surface area (Å²) in [4.78, 5) is 14.5. The summed E-state index contributed by atoms with van der Waals surface area (Å²) in [6.07, 6.45) is 4.46. The SMILES string of the molecule is COc1ccc([C@H]2CCCN2CC(=O)NC[C@H]2CCCO2)cc1OC. The van der Waals surface area contributed by atoms with Crippen LogP contribution in [-0.2, 0) is 9.53 Å². The third-order valence-corrected chi connectivity index (χ3v) is 5.05. The van der Waals surface area contributed by atoms with E-state index in [1.807, 2.05) is 12.1 Å². The van der Waals surface area contributed by atoms with Gasteiger partial charge in [0.1, 0.15) is 0 Å². The molecular formula is C19H28N2O4. The Bertz CT molecular complexity index is 587. The predicted octanol–water partition coefficient (Wildman–Crippen LogP) is 2.14. The van der Waals surface area contributed by atoms with Gasteiger partial charge in [-0.2, -0.15) is 0 Å². The van der Waals surface area contributed by atoms with Crippen LogP contribution in [0.1, 0.15) is 37.3 Å². The topological polar surface area (TPSA) is 60.0 Å². The zero-order valence-corrected chi connectivity index (χ0v) is 15.1. The van der Waals surface area contributed by atoms with Crippen molar-refractivity contribution in [3.8, 4) is 11.5 Å². The highest BCUT2D eigenvalue weighted by Gasteiger charge is 2.28. The summed E-state index contributed by atoms with van der Waals surface area (Å²) in [5, 5.41) is 3.01. The van der Waals surface area contributed by atoms with Crippen LogP contribution < -0.4 is 14.8 Å². The van der Waals surface area contributed by atoms with Gasteiger partial charge in [-0.15, -0.1) is 0 Å². The maximum atomic E-state index is 12.3. The number of nitrogens with zero attached hydrogens (tertiary/aromatic N) is 1. The van der Waals surface area contributed by atoms with E-state index < -0.39 is 0 Å². The summed E-state index contributed by atoms with van der Waals surface area (Å²) < 4.78 is 16.3. The second-order valence-corrected chi connectivity index (χ2v) is 6.68. The molecule has 0 radical (unpaired) electrons. The Morgan fingerprint density at radius 1 is 1.24 bits per heavy atom. The third-order valence-electron chi connectivity index (χ3n) is 5.05. The molecule has 25 heavy (non-hydrogen) atoms. The lowest BCUT2D eigenvalue weighted by Gasteiger charge is -2.25. The van der Waals surface area contributed by atoms with Gasteiger partial charge in [-0.25, -0.2) is 0 Å². The number of hydrogen-bond donors (Lipinski definition) is 1. The average Bonchev–Trinajstić information content (AvgIpc) is 3.31. The van der Waals surface area contributed by atoms with Crippen LogP contribution in [0.15, 0.2) is 18.2 Å². The largest absolute Gasteiger partial charge is 0.493 e. The molecule has 0 bridgehead atoms. The highest BCUT2D eigenvalue weighted by molar-refractivity contribution is 5.78. The van der Waals surface area contributed by atoms with E-state index in [9.17, 15) is 4.79 Å². The quantitative estimate of drug-likeness (QED) is 0.818. The van der Waals surface area contributed by atoms with Gasteiger partial charge < -0.3 is 19.5 Å². The first-order valence-electron chi connectivity index (χ1n) is 9.05. The van der Waals surface area contributed by atoms with Crippen LogP contribution in [0.25, 0.3) is 0 Å². The van der Waals surface area contributed by atoms with E-state index >= 15 is 0 Å². The fourth-order valence-corrected chi connectivity index (χ4v) is 3.73. The van der Waals surface area contributed by atoms with Crippen LogP contribution in [0.3, 0.4) is 0 Å². The van der Waals surface area contributed by atoms with Crippen molar-refractivity contribution < 1.29 is 19.0 Å². The lowest BCUT2D eigenvalue weighted by atomic mass is 10.0. The number of ether oxygens (including phenoxy) is 3. The van der Waals surface area contributed by atoms with Crippen molar-refractivity contribution in [1.82, 2.24) is 10.2 Å². The van der Waals surface area contributed by atoms with E-state index in [0.717, 1.165) is 50.3 Å². The maximum absolute atomic E-state index is 12.3. The molecule has 2 fully saturated rings. The van der Waals surface area contributed by atoms with E-state index in [2.05, 4.69) is 16.3 Å². The standard InChI is InChI=1S/C19H28N2O4/c1-23-17-8-7-14(11-18(17)24-2)16-6-3-9-21(16)13-19(22)20-12-15-5-4-10-25-15/h7-8,11,15-16H,3-6,9-10,12-13H2,1-2H3,(H,20,22)/t15-,16-/m1/s1. The van der Waals surface area contributed by atoms with Crippen LogP contribution in [0, 0.1) is 0 Å². The number of nitrogens with one attached hydrogen (secondary N) is 1. The Kier molecular flexibility index (Phi) is 6.15. The first-order chi connectivity index (χ1) is 12.2. The number of methoxy groups -OCH3 is 2. The fourth-order valence-electron chi connectivity index (χ4n) is 3.73. The number of carbonyl (C=O) groups is 1. The molecule has 2 saturated heterocycles. The fraction of sp³-hybridized carbons (Fsp3) is 0.632. The molecule has 1 aromatic carbocycles. The van der Waals surface area contributed by atoms with Crippen LogP contribution in [0.2, 0.25) is 0 Å². The van der Waals surface area contributed by atoms with Crippen molar-refractivity contribution in [2.75, 3.05) is 40.5 Å². The molecule has 0 unspecified atom stereocenters. The van der Waals surface area contributed by atoms with Crippen LogP contribution in [-0.4, -0.2) is 57.4 Å². The van der Waals surface area contributed by atoms with Crippen LogP contribution in [0.5, 0.6) is 11.5 Å².